The molecule has 4 N–H and O–H groups in total. The molecule has 0 radical (unpaired) electrons. The summed E-state index contributed by atoms with van der Waals surface area (Å²) in [5.41, 5.74) is 8.42. The molecule has 0 saturated carbocycles. The predicted octanol–water partition coefficient (Wildman–Crippen LogP) is 0.891. The molecule has 0 aliphatic carbocycles. The van der Waals surface area contributed by atoms with E-state index in [4.69, 9.17) is 15.2 Å². The van der Waals surface area contributed by atoms with Gasteiger partial charge in [-0.25, -0.2) is 5.43 Å². The standard InChI is InChI=1S/C18H18N4O5/c1-26-14-7-8-15(27-2)12(9-14)10-20-22-18(25)17(24)21-13-5-3-11(4-6-13)16(19)23/h3-10H,1-2H3,(H2,19,23)(H,21,24)(H,22,25). The first-order chi connectivity index (χ1) is 12.9. The Kier molecular flexibility index (Phi) is 6.48. The number of methoxy groups -OCH3 is 2. The summed E-state index contributed by atoms with van der Waals surface area (Å²) < 4.78 is 10.3. The zero-order chi connectivity index (χ0) is 19.8. The zero-order valence-corrected chi connectivity index (χ0v) is 14.7. The highest BCUT2D eigenvalue weighted by Gasteiger charge is 2.13. The monoisotopic (exact) mass is 370 g/mol. The molecule has 0 fully saturated rings. The number of rotatable bonds is 6. The van der Waals surface area contributed by atoms with E-state index in [1.807, 2.05) is 0 Å². The fraction of sp³-hybridized carbons (Fsp3) is 0.111. The van der Waals surface area contributed by atoms with Gasteiger partial charge >= 0.3 is 11.8 Å². The third-order valence-corrected chi connectivity index (χ3v) is 3.44. The topological polar surface area (TPSA) is 132 Å². The lowest BCUT2D eigenvalue weighted by Crippen LogP contribution is -2.32. The molecule has 2 aromatic carbocycles. The number of amides is 3. The van der Waals surface area contributed by atoms with Crippen molar-refractivity contribution in [2.75, 3.05) is 19.5 Å². The van der Waals surface area contributed by atoms with Crippen LogP contribution in [0.5, 0.6) is 11.5 Å². The minimum absolute atomic E-state index is 0.286. The summed E-state index contributed by atoms with van der Waals surface area (Å²) in [7, 11) is 3.01. The van der Waals surface area contributed by atoms with Gasteiger partial charge in [-0.2, -0.15) is 5.10 Å². The molecule has 2 rings (SSSR count). The van der Waals surface area contributed by atoms with Crippen LogP contribution >= 0.6 is 0 Å². The van der Waals surface area contributed by atoms with Crippen LogP contribution in [0.1, 0.15) is 15.9 Å². The van der Waals surface area contributed by atoms with Crippen molar-refractivity contribution in [3.63, 3.8) is 0 Å². The third kappa shape index (κ3) is 5.30. The number of benzene rings is 2. The van der Waals surface area contributed by atoms with Gasteiger partial charge in [-0.3, -0.25) is 14.4 Å². The number of ether oxygens (including phenoxy) is 2. The smallest absolute Gasteiger partial charge is 0.329 e. The minimum Gasteiger partial charge on any atom is -0.497 e. The number of nitrogens with zero attached hydrogens (tertiary/aromatic N) is 1. The van der Waals surface area contributed by atoms with Crippen molar-refractivity contribution in [3.8, 4) is 11.5 Å². The average molecular weight is 370 g/mol. The van der Waals surface area contributed by atoms with E-state index in [1.165, 1.54) is 44.7 Å². The summed E-state index contributed by atoms with van der Waals surface area (Å²) >= 11 is 0. The molecule has 27 heavy (non-hydrogen) atoms. The van der Waals surface area contributed by atoms with Gasteiger partial charge in [0.15, 0.2) is 0 Å². The Hall–Kier alpha value is -3.88. The van der Waals surface area contributed by atoms with Crippen LogP contribution in [0.4, 0.5) is 5.69 Å². The van der Waals surface area contributed by atoms with Crippen molar-refractivity contribution in [1.82, 2.24) is 5.43 Å². The fourth-order valence-corrected chi connectivity index (χ4v) is 2.06. The van der Waals surface area contributed by atoms with Crippen LogP contribution in [-0.4, -0.2) is 38.2 Å². The Bertz CT molecular complexity index is 878. The van der Waals surface area contributed by atoms with Crippen molar-refractivity contribution in [2.24, 2.45) is 10.8 Å². The van der Waals surface area contributed by atoms with Crippen molar-refractivity contribution < 1.29 is 23.9 Å². The molecule has 0 aliphatic rings. The van der Waals surface area contributed by atoms with E-state index in [-0.39, 0.29) is 5.56 Å². The van der Waals surface area contributed by atoms with Gasteiger partial charge in [0.05, 0.1) is 20.4 Å². The first-order valence-corrected chi connectivity index (χ1v) is 7.71. The average Bonchev–Trinajstić information content (AvgIpc) is 2.68. The van der Waals surface area contributed by atoms with Crippen LogP contribution in [0, 0.1) is 0 Å². The van der Waals surface area contributed by atoms with Crippen molar-refractivity contribution in [3.05, 3.63) is 53.6 Å². The molecule has 140 valence electrons. The number of carbonyl (C=O) groups is 3. The van der Waals surface area contributed by atoms with Gasteiger partial charge in [-0.05, 0) is 42.5 Å². The first-order valence-electron chi connectivity index (χ1n) is 7.71. The van der Waals surface area contributed by atoms with Crippen LogP contribution in [0.3, 0.4) is 0 Å². The van der Waals surface area contributed by atoms with E-state index >= 15 is 0 Å². The Morgan fingerprint density at radius 2 is 1.70 bits per heavy atom. The number of carbonyl (C=O) groups excluding carboxylic acids is 3. The summed E-state index contributed by atoms with van der Waals surface area (Å²) in [6, 6.07) is 10.8. The number of nitrogens with one attached hydrogen (secondary N) is 2. The van der Waals surface area contributed by atoms with Gasteiger partial charge in [-0.1, -0.05) is 0 Å². The third-order valence-electron chi connectivity index (χ3n) is 3.44. The van der Waals surface area contributed by atoms with Gasteiger partial charge in [0.25, 0.3) is 0 Å². The van der Waals surface area contributed by atoms with Crippen molar-refractivity contribution >= 4 is 29.6 Å². The molecule has 0 unspecified atom stereocenters. The lowest BCUT2D eigenvalue weighted by molar-refractivity contribution is -0.136. The SMILES string of the molecule is COc1ccc(OC)c(C=NNC(=O)C(=O)Nc2ccc(C(N)=O)cc2)c1. The number of primary amides is 1. The van der Waals surface area contributed by atoms with Crippen LogP contribution < -0.4 is 25.9 Å². The van der Waals surface area contributed by atoms with E-state index < -0.39 is 17.7 Å². The Balaban J connectivity index is 1.97. The Morgan fingerprint density at radius 3 is 2.30 bits per heavy atom. The fourth-order valence-electron chi connectivity index (χ4n) is 2.06. The lowest BCUT2D eigenvalue weighted by Gasteiger charge is -2.07. The molecule has 0 saturated heterocycles. The van der Waals surface area contributed by atoms with E-state index in [0.717, 1.165) is 0 Å². The van der Waals surface area contributed by atoms with Gasteiger partial charge in [0.1, 0.15) is 11.5 Å². The second-order valence-electron chi connectivity index (χ2n) is 5.20. The quantitative estimate of drug-likeness (QED) is 0.395. The molecule has 2 aromatic rings. The van der Waals surface area contributed by atoms with Gasteiger partial charge in [-0.15, -0.1) is 0 Å². The second kappa shape index (κ2) is 8.99. The first kappa shape index (κ1) is 19.4. The highest BCUT2D eigenvalue weighted by molar-refractivity contribution is 6.39. The van der Waals surface area contributed by atoms with Crippen LogP contribution in [-0.2, 0) is 9.59 Å². The van der Waals surface area contributed by atoms with Crippen molar-refractivity contribution in [1.29, 1.82) is 0 Å². The molecule has 0 heterocycles. The maximum absolute atomic E-state index is 11.9. The summed E-state index contributed by atoms with van der Waals surface area (Å²) in [6.07, 6.45) is 1.33. The maximum Gasteiger partial charge on any atom is 0.329 e. The Morgan fingerprint density at radius 1 is 1.00 bits per heavy atom. The normalized spacial score (nSPS) is 10.3. The van der Waals surface area contributed by atoms with E-state index in [0.29, 0.717) is 22.7 Å². The number of hydrazone groups is 1. The largest absolute Gasteiger partial charge is 0.497 e. The molecule has 9 nitrogen and oxygen atoms in total. The molecule has 9 heteroatoms. The number of hydrogen-bond acceptors (Lipinski definition) is 6. The molecule has 0 bridgehead atoms. The summed E-state index contributed by atoms with van der Waals surface area (Å²) in [6.45, 7) is 0. The number of nitrogens with two attached hydrogens (primary N) is 1. The summed E-state index contributed by atoms with van der Waals surface area (Å²) in [4.78, 5) is 34.7. The zero-order valence-electron chi connectivity index (χ0n) is 14.7. The van der Waals surface area contributed by atoms with Gasteiger partial charge in [0.2, 0.25) is 5.91 Å². The molecular formula is C18H18N4O5. The van der Waals surface area contributed by atoms with E-state index in [1.54, 1.807) is 18.2 Å². The molecule has 0 spiro atoms. The van der Waals surface area contributed by atoms with Crippen molar-refractivity contribution in [2.45, 2.75) is 0 Å². The van der Waals surface area contributed by atoms with E-state index in [9.17, 15) is 14.4 Å². The minimum atomic E-state index is -0.966. The molecule has 0 aliphatic heterocycles. The molecule has 0 atom stereocenters. The maximum atomic E-state index is 11.9. The summed E-state index contributed by atoms with van der Waals surface area (Å²) in [5.74, 6) is -1.37. The Labute approximate surface area is 155 Å². The number of hydrogen-bond donors (Lipinski definition) is 3. The predicted molar refractivity (Wildman–Crippen MR) is 98.9 cm³/mol. The highest BCUT2D eigenvalue weighted by Crippen LogP contribution is 2.22. The molecular weight excluding hydrogens is 352 g/mol. The van der Waals surface area contributed by atoms with Gasteiger partial charge < -0.3 is 20.5 Å². The second-order valence-corrected chi connectivity index (χ2v) is 5.20. The molecule has 3 amide bonds. The van der Waals surface area contributed by atoms with Crippen LogP contribution in [0.15, 0.2) is 47.6 Å². The summed E-state index contributed by atoms with van der Waals surface area (Å²) in [5, 5.41) is 6.12. The highest BCUT2D eigenvalue weighted by atomic mass is 16.5. The van der Waals surface area contributed by atoms with Gasteiger partial charge in [0, 0.05) is 16.8 Å². The van der Waals surface area contributed by atoms with E-state index in [2.05, 4.69) is 15.8 Å². The van der Waals surface area contributed by atoms with Crippen LogP contribution in [0.2, 0.25) is 0 Å². The molecule has 0 aromatic heterocycles. The number of anilines is 1. The van der Waals surface area contributed by atoms with Crippen LogP contribution in [0.25, 0.3) is 0 Å². The lowest BCUT2D eigenvalue weighted by atomic mass is 10.2.